The third-order valence-electron chi connectivity index (χ3n) is 5.27. The first-order valence-corrected chi connectivity index (χ1v) is 12.8. The zero-order valence-corrected chi connectivity index (χ0v) is 19.4. The highest BCUT2D eigenvalue weighted by Gasteiger charge is 2.32. The number of hydrogen-bond donors (Lipinski definition) is 1. The average molecular weight is 467 g/mol. The first kappa shape index (κ1) is 22.6. The molecular formula is C25H26N2O3S2. The average Bonchev–Trinajstić information content (AvgIpc) is 3.48. The van der Waals surface area contributed by atoms with Crippen LogP contribution in [0, 0.1) is 0 Å². The third-order valence-corrected chi connectivity index (χ3v) is 7.50. The second-order valence-electron chi connectivity index (χ2n) is 7.50. The predicted molar refractivity (Wildman–Crippen MR) is 131 cm³/mol. The molecule has 0 unspecified atom stereocenters. The van der Waals surface area contributed by atoms with Crippen LogP contribution in [-0.4, -0.2) is 41.3 Å². The highest BCUT2D eigenvalue weighted by Crippen LogP contribution is 2.38. The summed E-state index contributed by atoms with van der Waals surface area (Å²) in [7, 11) is 0. The summed E-state index contributed by atoms with van der Waals surface area (Å²) < 4.78 is 5.30. The number of benzene rings is 2. The Morgan fingerprint density at radius 2 is 1.91 bits per heavy atom. The minimum Gasteiger partial charge on any atom is -0.468 e. The summed E-state index contributed by atoms with van der Waals surface area (Å²) in [6.45, 7) is 1.30. The molecule has 0 saturated carbocycles. The van der Waals surface area contributed by atoms with E-state index in [0.717, 1.165) is 29.3 Å². The molecule has 1 aliphatic rings. The van der Waals surface area contributed by atoms with Crippen LogP contribution in [0.2, 0.25) is 0 Å². The maximum absolute atomic E-state index is 12.4. The molecule has 1 aliphatic heterocycles. The Hall–Kier alpha value is -2.64. The third kappa shape index (κ3) is 5.99. The van der Waals surface area contributed by atoms with E-state index in [1.807, 2.05) is 59.5 Å². The molecule has 2 heterocycles. The normalized spacial score (nSPS) is 15.8. The van der Waals surface area contributed by atoms with E-state index in [1.54, 1.807) is 29.8 Å². The number of thioether (sulfide) groups is 2. The Bertz CT molecular complexity index is 1010. The van der Waals surface area contributed by atoms with Crippen LogP contribution in [-0.2, 0) is 17.0 Å². The van der Waals surface area contributed by atoms with Crippen LogP contribution in [0.25, 0.3) is 0 Å². The van der Waals surface area contributed by atoms with Gasteiger partial charge < -0.3 is 14.6 Å². The number of hydrogen-bond acceptors (Lipinski definition) is 5. The summed E-state index contributed by atoms with van der Waals surface area (Å²) in [4.78, 5) is 26.8. The molecule has 0 radical (unpaired) electrons. The van der Waals surface area contributed by atoms with Crippen molar-refractivity contribution in [2.75, 3.05) is 24.6 Å². The molecule has 0 spiro atoms. The van der Waals surface area contributed by atoms with Gasteiger partial charge in [-0.2, -0.15) is 11.8 Å². The van der Waals surface area contributed by atoms with Crippen LogP contribution in [0.1, 0.15) is 32.6 Å². The second-order valence-corrected chi connectivity index (χ2v) is 9.67. The van der Waals surface area contributed by atoms with Gasteiger partial charge >= 0.3 is 0 Å². The van der Waals surface area contributed by atoms with Crippen molar-refractivity contribution >= 4 is 35.3 Å². The van der Waals surface area contributed by atoms with Gasteiger partial charge in [0.1, 0.15) is 11.1 Å². The fourth-order valence-electron chi connectivity index (χ4n) is 3.57. The Balaban J connectivity index is 1.27. The number of nitrogens with zero attached hydrogens (tertiary/aromatic N) is 1. The molecule has 1 saturated heterocycles. The fraction of sp³-hybridized carbons (Fsp3) is 0.280. The number of rotatable bonds is 10. The Morgan fingerprint density at radius 1 is 1.09 bits per heavy atom. The van der Waals surface area contributed by atoms with E-state index in [1.165, 1.54) is 5.56 Å². The quantitative estimate of drug-likeness (QED) is 0.437. The van der Waals surface area contributed by atoms with Crippen molar-refractivity contribution in [3.8, 4) is 0 Å². The van der Waals surface area contributed by atoms with Gasteiger partial charge in [0.2, 0.25) is 5.91 Å². The van der Waals surface area contributed by atoms with Crippen molar-refractivity contribution in [1.82, 2.24) is 10.2 Å². The first-order chi connectivity index (χ1) is 15.7. The van der Waals surface area contributed by atoms with Crippen molar-refractivity contribution in [2.45, 2.75) is 17.5 Å². The zero-order chi connectivity index (χ0) is 22.2. The van der Waals surface area contributed by atoms with Gasteiger partial charge in [-0.1, -0.05) is 42.5 Å². The SMILES string of the molecule is O=C(NCCSCc1ccco1)c1ccc([C@H]2SCC(=O)N2CCc2ccccc2)cc1. The lowest BCUT2D eigenvalue weighted by Crippen LogP contribution is -2.30. The van der Waals surface area contributed by atoms with Gasteiger partial charge in [0.25, 0.3) is 5.91 Å². The number of nitrogens with one attached hydrogen (secondary N) is 1. The molecule has 1 aromatic heterocycles. The Kier molecular flexibility index (Phi) is 7.96. The van der Waals surface area contributed by atoms with E-state index in [4.69, 9.17) is 4.42 Å². The largest absolute Gasteiger partial charge is 0.468 e. The summed E-state index contributed by atoms with van der Waals surface area (Å²) in [5.41, 5.74) is 2.92. The molecular weight excluding hydrogens is 440 g/mol. The molecule has 5 nitrogen and oxygen atoms in total. The van der Waals surface area contributed by atoms with Crippen LogP contribution in [0.4, 0.5) is 0 Å². The molecule has 7 heteroatoms. The van der Waals surface area contributed by atoms with E-state index in [9.17, 15) is 9.59 Å². The predicted octanol–water partition coefficient (Wildman–Crippen LogP) is 4.76. The van der Waals surface area contributed by atoms with Gasteiger partial charge in [-0.15, -0.1) is 11.8 Å². The summed E-state index contributed by atoms with van der Waals surface area (Å²) in [5.74, 6) is 3.16. The van der Waals surface area contributed by atoms with Crippen LogP contribution in [0.3, 0.4) is 0 Å². The molecule has 166 valence electrons. The van der Waals surface area contributed by atoms with Crippen LogP contribution < -0.4 is 5.32 Å². The van der Waals surface area contributed by atoms with Crippen molar-refractivity contribution in [3.63, 3.8) is 0 Å². The van der Waals surface area contributed by atoms with Crippen LogP contribution >= 0.6 is 23.5 Å². The number of carbonyl (C=O) groups excluding carboxylic acids is 2. The van der Waals surface area contributed by atoms with E-state index >= 15 is 0 Å². The lowest BCUT2D eigenvalue weighted by atomic mass is 10.1. The molecule has 32 heavy (non-hydrogen) atoms. The van der Waals surface area contributed by atoms with E-state index in [0.29, 0.717) is 24.4 Å². The summed E-state index contributed by atoms with van der Waals surface area (Å²) in [5, 5.41) is 2.96. The maximum atomic E-state index is 12.4. The second kappa shape index (κ2) is 11.3. The van der Waals surface area contributed by atoms with Gasteiger partial charge in [-0.05, 0) is 41.8 Å². The lowest BCUT2D eigenvalue weighted by Gasteiger charge is -2.24. The van der Waals surface area contributed by atoms with Gasteiger partial charge in [0.05, 0.1) is 17.8 Å². The lowest BCUT2D eigenvalue weighted by molar-refractivity contribution is -0.128. The number of amides is 2. The van der Waals surface area contributed by atoms with Crippen molar-refractivity contribution in [3.05, 3.63) is 95.4 Å². The molecule has 1 N–H and O–H groups in total. The highest BCUT2D eigenvalue weighted by molar-refractivity contribution is 8.00. The maximum Gasteiger partial charge on any atom is 0.251 e. The topological polar surface area (TPSA) is 62.6 Å². The molecule has 4 rings (SSSR count). The van der Waals surface area contributed by atoms with Gasteiger partial charge in [-0.3, -0.25) is 9.59 Å². The van der Waals surface area contributed by atoms with Gasteiger partial charge in [0, 0.05) is 24.4 Å². The Labute approximate surface area is 196 Å². The van der Waals surface area contributed by atoms with Crippen molar-refractivity contribution in [2.24, 2.45) is 0 Å². The molecule has 0 aliphatic carbocycles. The first-order valence-electron chi connectivity index (χ1n) is 10.6. The van der Waals surface area contributed by atoms with Gasteiger partial charge in [-0.25, -0.2) is 0 Å². The molecule has 1 fully saturated rings. The highest BCUT2D eigenvalue weighted by atomic mass is 32.2. The molecule has 3 aromatic rings. The number of furan rings is 1. The van der Waals surface area contributed by atoms with Crippen molar-refractivity contribution < 1.29 is 14.0 Å². The van der Waals surface area contributed by atoms with Crippen LogP contribution in [0.15, 0.2) is 77.4 Å². The van der Waals surface area contributed by atoms with Crippen molar-refractivity contribution in [1.29, 1.82) is 0 Å². The summed E-state index contributed by atoms with van der Waals surface area (Å²) in [6.07, 6.45) is 2.51. The molecule has 2 amide bonds. The van der Waals surface area contributed by atoms with E-state index < -0.39 is 0 Å². The molecule has 1 atom stereocenters. The number of carbonyl (C=O) groups is 2. The minimum absolute atomic E-state index is 0.00123. The molecule has 2 aromatic carbocycles. The molecule has 0 bridgehead atoms. The van der Waals surface area contributed by atoms with Gasteiger partial charge in [0.15, 0.2) is 0 Å². The monoisotopic (exact) mass is 466 g/mol. The minimum atomic E-state index is -0.0776. The smallest absolute Gasteiger partial charge is 0.251 e. The Morgan fingerprint density at radius 3 is 2.66 bits per heavy atom. The summed E-state index contributed by atoms with van der Waals surface area (Å²) in [6, 6.07) is 21.7. The van der Waals surface area contributed by atoms with Crippen LogP contribution in [0.5, 0.6) is 0 Å². The van der Waals surface area contributed by atoms with E-state index in [2.05, 4.69) is 17.4 Å². The summed E-state index contributed by atoms with van der Waals surface area (Å²) >= 11 is 3.37. The van der Waals surface area contributed by atoms with E-state index in [-0.39, 0.29) is 17.2 Å². The fourth-order valence-corrected chi connectivity index (χ4v) is 5.55. The standard InChI is InChI=1S/C25H26N2O3S2/c28-23-18-32-25(27(23)14-12-19-5-2-1-3-6-19)21-10-8-20(9-11-21)24(29)26-13-16-31-17-22-7-4-15-30-22/h1-11,15,25H,12-14,16-18H2,(H,26,29)/t25-/m1/s1. The zero-order valence-electron chi connectivity index (χ0n) is 17.7.